The molecule has 0 aliphatic rings. The van der Waals surface area contributed by atoms with E-state index in [0.29, 0.717) is 11.5 Å². The van der Waals surface area contributed by atoms with Gasteiger partial charge in [0.25, 0.3) is 5.89 Å². The summed E-state index contributed by atoms with van der Waals surface area (Å²) in [7, 11) is 0. The number of anilines is 1. The van der Waals surface area contributed by atoms with Crippen molar-refractivity contribution >= 4 is 5.82 Å². The predicted molar refractivity (Wildman–Crippen MR) is 89.2 cm³/mol. The molecule has 0 unspecified atom stereocenters. The third kappa shape index (κ3) is 2.63. The van der Waals surface area contributed by atoms with Gasteiger partial charge in [-0.15, -0.1) is 5.10 Å². The molecule has 2 heterocycles. The van der Waals surface area contributed by atoms with Crippen LogP contribution in [0, 0.1) is 12.7 Å². The summed E-state index contributed by atoms with van der Waals surface area (Å²) < 4.78 is 20.0. The van der Waals surface area contributed by atoms with Gasteiger partial charge >= 0.3 is 0 Å². The summed E-state index contributed by atoms with van der Waals surface area (Å²) in [4.78, 5) is 4.35. The smallest absolute Gasteiger partial charge is 0.282 e. The Bertz CT molecular complexity index is 1050. The van der Waals surface area contributed by atoms with Crippen LogP contribution in [0.4, 0.5) is 10.2 Å². The van der Waals surface area contributed by atoms with Crippen molar-refractivity contribution in [2.24, 2.45) is 0 Å². The Balaban J connectivity index is 1.74. The number of aromatic nitrogens is 5. The Kier molecular flexibility index (Phi) is 3.50. The highest BCUT2D eigenvalue weighted by Crippen LogP contribution is 2.27. The van der Waals surface area contributed by atoms with Crippen molar-refractivity contribution in [3.05, 3.63) is 59.9 Å². The van der Waals surface area contributed by atoms with Crippen LogP contribution in [0.5, 0.6) is 0 Å². The number of nitrogens with two attached hydrogens (primary N) is 1. The van der Waals surface area contributed by atoms with Crippen LogP contribution in [0.15, 0.2) is 53.1 Å². The zero-order valence-corrected chi connectivity index (χ0v) is 13.2. The zero-order chi connectivity index (χ0) is 17.4. The number of hydrogen-bond donors (Lipinski definition) is 1. The number of benzene rings is 2. The van der Waals surface area contributed by atoms with E-state index < -0.39 is 5.82 Å². The third-order valence-electron chi connectivity index (χ3n) is 3.77. The van der Waals surface area contributed by atoms with Crippen molar-refractivity contribution in [2.45, 2.75) is 6.92 Å². The van der Waals surface area contributed by atoms with Gasteiger partial charge in [0.05, 0.1) is 5.69 Å². The van der Waals surface area contributed by atoms with Crippen molar-refractivity contribution in [2.75, 3.05) is 5.73 Å². The molecule has 124 valence electrons. The zero-order valence-electron chi connectivity index (χ0n) is 13.2. The Morgan fingerprint density at radius 1 is 1.12 bits per heavy atom. The van der Waals surface area contributed by atoms with Crippen LogP contribution in [0.2, 0.25) is 0 Å². The van der Waals surface area contributed by atoms with Crippen molar-refractivity contribution in [3.63, 3.8) is 0 Å². The maximum absolute atomic E-state index is 13.4. The van der Waals surface area contributed by atoms with Gasteiger partial charge in [-0.2, -0.15) is 9.67 Å². The van der Waals surface area contributed by atoms with Gasteiger partial charge in [0, 0.05) is 5.56 Å². The fourth-order valence-electron chi connectivity index (χ4n) is 2.49. The SMILES string of the molecule is Cc1ccccc1-c1noc(-c2nnn(-c3cccc(F)c3)c2N)n1. The Morgan fingerprint density at radius 3 is 2.76 bits per heavy atom. The standard InChI is InChI=1S/C17H13FN6O/c1-10-5-2-3-8-13(10)16-20-17(25-22-16)14-15(19)24(23-21-14)12-7-4-6-11(18)9-12/h2-9H,19H2,1H3. The Hall–Kier alpha value is -3.55. The molecule has 0 aliphatic heterocycles. The number of nitrogen functional groups attached to an aromatic ring is 1. The lowest BCUT2D eigenvalue weighted by atomic mass is 10.1. The lowest BCUT2D eigenvalue weighted by Crippen LogP contribution is -2.02. The summed E-state index contributed by atoms with van der Waals surface area (Å²) >= 11 is 0. The van der Waals surface area contributed by atoms with Crippen LogP contribution in [-0.2, 0) is 0 Å². The summed E-state index contributed by atoms with van der Waals surface area (Å²) in [6.45, 7) is 1.96. The van der Waals surface area contributed by atoms with Gasteiger partial charge < -0.3 is 10.3 Å². The van der Waals surface area contributed by atoms with Gasteiger partial charge in [-0.05, 0) is 30.7 Å². The molecule has 7 nitrogen and oxygen atoms in total. The largest absolute Gasteiger partial charge is 0.382 e. The molecule has 0 atom stereocenters. The van der Waals surface area contributed by atoms with Gasteiger partial charge in [-0.25, -0.2) is 4.39 Å². The highest BCUT2D eigenvalue weighted by molar-refractivity contribution is 5.67. The van der Waals surface area contributed by atoms with Gasteiger partial charge in [0.1, 0.15) is 5.82 Å². The van der Waals surface area contributed by atoms with E-state index in [4.69, 9.17) is 10.3 Å². The van der Waals surface area contributed by atoms with Crippen molar-refractivity contribution in [3.8, 4) is 28.7 Å². The number of halogens is 1. The number of nitrogens with zero attached hydrogens (tertiary/aromatic N) is 5. The first-order valence-corrected chi connectivity index (χ1v) is 7.50. The summed E-state index contributed by atoms with van der Waals surface area (Å²) in [5.74, 6) is 0.380. The molecule has 0 aliphatic carbocycles. The van der Waals surface area contributed by atoms with E-state index in [2.05, 4.69) is 20.5 Å². The first kappa shape index (κ1) is 15.0. The Labute approximate surface area is 141 Å². The molecule has 0 amide bonds. The van der Waals surface area contributed by atoms with Gasteiger partial charge in [-0.1, -0.05) is 40.7 Å². The van der Waals surface area contributed by atoms with Crippen LogP contribution in [0.1, 0.15) is 5.56 Å². The van der Waals surface area contributed by atoms with Gasteiger partial charge in [0.2, 0.25) is 5.82 Å². The highest BCUT2D eigenvalue weighted by Gasteiger charge is 2.20. The lowest BCUT2D eigenvalue weighted by molar-refractivity contribution is 0.431. The first-order chi connectivity index (χ1) is 12.1. The second kappa shape index (κ2) is 5.82. The van der Waals surface area contributed by atoms with Gasteiger partial charge in [0.15, 0.2) is 11.5 Å². The molecule has 2 aromatic heterocycles. The average molecular weight is 336 g/mol. The maximum Gasteiger partial charge on any atom is 0.282 e. The summed E-state index contributed by atoms with van der Waals surface area (Å²) in [5.41, 5.74) is 8.66. The molecule has 0 radical (unpaired) electrons. The first-order valence-electron chi connectivity index (χ1n) is 7.50. The average Bonchev–Trinajstić information content (AvgIpc) is 3.22. The summed E-state index contributed by atoms with van der Waals surface area (Å²) in [6.07, 6.45) is 0. The topological polar surface area (TPSA) is 95.7 Å². The van der Waals surface area contributed by atoms with Crippen molar-refractivity contribution in [1.82, 2.24) is 25.1 Å². The summed E-state index contributed by atoms with van der Waals surface area (Å²) in [5, 5.41) is 11.9. The molecule has 0 spiro atoms. The minimum atomic E-state index is -0.395. The Morgan fingerprint density at radius 2 is 1.96 bits per heavy atom. The minimum Gasteiger partial charge on any atom is -0.382 e. The normalized spacial score (nSPS) is 11.0. The molecule has 0 fully saturated rings. The van der Waals surface area contributed by atoms with E-state index in [0.717, 1.165) is 11.1 Å². The third-order valence-corrected chi connectivity index (χ3v) is 3.77. The second-order valence-corrected chi connectivity index (χ2v) is 5.45. The second-order valence-electron chi connectivity index (χ2n) is 5.45. The van der Waals surface area contributed by atoms with Crippen LogP contribution in [-0.4, -0.2) is 25.1 Å². The monoisotopic (exact) mass is 336 g/mol. The van der Waals surface area contributed by atoms with Gasteiger partial charge in [-0.3, -0.25) is 0 Å². The molecule has 0 bridgehead atoms. The molecular weight excluding hydrogens is 323 g/mol. The lowest BCUT2D eigenvalue weighted by Gasteiger charge is -2.02. The van der Waals surface area contributed by atoms with Crippen LogP contribution in [0.3, 0.4) is 0 Å². The van der Waals surface area contributed by atoms with E-state index in [-0.39, 0.29) is 17.4 Å². The van der Waals surface area contributed by atoms with E-state index in [1.807, 2.05) is 31.2 Å². The van der Waals surface area contributed by atoms with E-state index in [9.17, 15) is 4.39 Å². The molecule has 2 aromatic carbocycles. The highest BCUT2D eigenvalue weighted by atomic mass is 19.1. The van der Waals surface area contributed by atoms with E-state index >= 15 is 0 Å². The molecule has 0 saturated carbocycles. The molecule has 2 N–H and O–H groups in total. The number of rotatable bonds is 3. The fraction of sp³-hybridized carbons (Fsp3) is 0.0588. The quantitative estimate of drug-likeness (QED) is 0.618. The van der Waals surface area contributed by atoms with E-state index in [1.165, 1.54) is 16.8 Å². The molecular formula is C17H13FN6O. The van der Waals surface area contributed by atoms with Crippen LogP contribution in [0.25, 0.3) is 28.7 Å². The maximum atomic E-state index is 13.4. The minimum absolute atomic E-state index is 0.151. The van der Waals surface area contributed by atoms with E-state index in [1.54, 1.807) is 12.1 Å². The van der Waals surface area contributed by atoms with Crippen LogP contribution < -0.4 is 5.73 Å². The molecule has 4 aromatic rings. The van der Waals surface area contributed by atoms with Crippen LogP contribution >= 0.6 is 0 Å². The number of hydrogen-bond acceptors (Lipinski definition) is 6. The molecule has 0 saturated heterocycles. The molecule has 8 heteroatoms. The van der Waals surface area contributed by atoms with Crippen molar-refractivity contribution < 1.29 is 8.91 Å². The summed E-state index contributed by atoms with van der Waals surface area (Å²) in [6, 6.07) is 13.6. The predicted octanol–water partition coefficient (Wildman–Crippen LogP) is 3.01. The molecule has 25 heavy (non-hydrogen) atoms. The van der Waals surface area contributed by atoms with Crippen molar-refractivity contribution in [1.29, 1.82) is 0 Å². The number of aryl methyl sites for hydroxylation is 1. The molecule has 4 rings (SSSR count). The fourth-order valence-corrected chi connectivity index (χ4v) is 2.49.